The van der Waals surface area contributed by atoms with E-state index in [2.05, 4.69) is 0 Å². The minimum absolute atomic E-state index is 0.106. The smallest absolute Gasteiger partial charge is 0.222 e. The molecular formula is C8H13NO2. The molecule has 0 aliphatic carbocycles. The van der Waals surface area contributed by atoms with Gasteiger partial charge < -0.3 is 10.0 Å². The van der Waals surface area contributed by atoms with Gasteiger partial charge in [-0.2, -0.15) is 0 Å². The van der Waals surface area contributed by atoms with Crippen LogP contribution in [0.15, 0.2) is 0 Å². The molecule has 0 bridgehead atoms. The fourth-order valence-electron chi connectivity index (χ4n) is 2.17. The zero-order chi connectivity index (χ0) is 8.06. The van der Waals surface area contributed by atoms with E-state index in [0.717, 1.165) is 19.4 Å². The molecule has 0 aromatic rings. The number of aliphatic hydroxyl groups is 1. The van der Waals surface area contributed by atoms with Gasteiger partial charge in [0.05, 0.1) is 11.6 Å². The Labute approximate surface area is 66.0 Å². The van der Waals surface area contributed by atoms with Crippen molar-refractivity contribution < 1.29 is 9.90 Å². The number of rotatable bonds is 0. The average molecular weight is 155 g/mol. The predicted molar refractivity (Wildman–Crippen MR) is 40.0 cm³/mol. The van der Waals surface area contributed by atoms with E-state index < -0.39 is 5.60 Å². The number of amides is 1. The van der Waals surface area contributed by atoms with E-state index in [0.29, 0.717) is 6.42 Å². The molecule has 2 atom stereocenters. The Hall–Kier alpha value is -0.570. The minimum Gasteiger partial charge on any atom is -0.388 e. The zero-order valence-electron chi connectivity index (χ0n) is 6.71. The molecule has 3 heteroatoms. The van der Waals surface area contributed by atoms with E-state index in [4.69, 9.17) is 0 Å². The third kappa shape index (κ3) is 0.872. The van der Waals surface area contributed by atoms with Crippen molar-refractivity contribution in [3.63, 3.8) is 0 Å². The van der Waals surface area contributed by atoms with Gasteiger partial charge in [0, 0.05) is 13.0 Å². The summed E-state index contributed by atoms with van der Waals surface area (Å²) in [7, 11) is 0. The van der Waals surface area contributed by atoms with Crippen molar-refractivity contribution >= 4 is 5.91 Å². The summed E-state index contributed by atoms with van der Waals surface area (Å²) < 4.78 is 0. The van der Waals surface area contributed by atoms with Crippen molar-refractivity contribution in [2.45, 2.75) is 37.8 Å². The first-order valence-electron chi connectivity index (χ1n) is 4.13. The number of hydrogen-bond donors (Lipinski definition) is 1. The standard InChI is InChI=1S/C8H13NO2/c1-8(11)4-5-9-6(8)2-3-7(9)10/h6,11H,2-5H2,1H3/t6-,8-/m0/s1. The van der Waals surface area contributed by atoms with E-state index in [-0.39, 0.29) is 11.9 Å². The molecule has 2 saturated heterocycles. The molecule has 0 saturated carbocycles. The van der Waals surface area contributed by atoms with Crippen LogP contribution in [0, 0.1) is 0 Å². The Morgan fingerprint density at radius 1 is 1.73 bits per heavy atom. The predicted octanol–water partition coefficient (Wildman–Crippen LogP) is 0.132. The van der Waals surface area contributed by atoms with Gasteiger partial charge in [0.1, 0.15) is 0 Å². The highest BCUT2D eigenvalue weighted by Gasteiger charge is 2.47. The molecule has 3 nitrogen and oxygen atoms in total. The van der Waals surface area contributed by atoms with E-state index in [1.54, 1.807) is 0 Å². The van der Waals surface area contributed by atoms with Crippen LogP contribution in [0.2, 0.25) is 0 Å². The maximum atomic E-state index is 11.2. The lowest BCUT2D eigenvalue weighted by atomic mass is 9.95. The minimum atomic E-state index is -0.619. The van der Waals surface area contributed by atoms with Crippen LogP contribution >= 0.6 is 0 Å². The van der Waals surface area contributed by atoms with Crippen molar-refractivity contribution in [3.05, 3.63) is 0 Å². The topological polar surface area (TPSA) is 40.5 Å². The Morgan fingerprint density at radius 2 is 2.45 bits per heavy atom. The molecule has 2 fully saturated rings. The Bertz CT molecular complexity index is 200. The molecule has 0 radical (unpaired) electrons. The first-order chi connectivity index (χ1) is 5.11. The van der Waals surface area contributed by atoms with Crippen molar-refractivity contribution in [2.75, 3.05) is 6.54 Å². The van der Waals surface area contributed by atoms with Crippen LogP contribution in [0.4, 0.5) is 0 Å². The average Bonchev–Trinajstić information content (AvgIpc) is 2.39. The second-order valence-electron chi connectivity index (χ2n) is 3.75. The number of hydrogen-bond acceptors (Lipinski definition) is 2. The summed E-state index contributed by atoms with van der Waals surface area (Å²) in [5.41, 5.74) is -0.619. The monoisotopic (exact) mass is 155 g/mol. The van der Waals surface area contributed by atoms with E-state index >= 15 is 0 Å². The summed E-state index contributed by atoms with van der Waals surface area (Å²) in [4.78, 5) is 13.0. The summed E-state index contributed by atoms with van der Waals surface area (Å²) in [6, 6.07) is 0.106. The summed E-state index contributed by atoms with van der Waals surface area (Å²) in [5.74, 6) is 0.216. The highest BCUT2D eigenvalue weighted by atomic mass is 16.3. The Balaban J connectivity index is 2.23. The number of carbonyl (C=O) groups excluding carboxylic acids is 1. The molecule has 0 aromatic heterocycles. The van der Waals surface area contributed by atoms with Gasteiger partial charge in [0.2, 0.25) is 5.91 Å². The van der Waals surface area contributed by atoms with Crippen LogP contribution in [0.5, 0.6) is 0 Å². The highest BCUT2D eigenvalue weighted by Crippen LogP contribution is 2.35. The summed E-state index contributed by atoms with van der Waals surface area (Å²) in [5, 5.41) is 9.79. The van der Waals surface area contributed by atoms with Crippen molar-refractivity contribution in [3.8, 4) is 0 Å². The molecule has 1 N–H and O–H groups in total. The fraction of sp³-hybridized carbons (Fsp3) is 0.875. The second-order valence-corrected chi connectivity index (χ2v) is 3.75. The summed E-state index contributed by atoms with van der Waals surface area (Å²) in [6.45, 7) is 2.58. The maximum absolute atomic E-state index is 11.2. The van der Waals surface area contributed by atoms with Gasteiger partial charge in [-0.1, -0.05) is 0 Å². The number of fused-ring (bicyclic) bond motifs is 1. The Morgan fingerprint density at radius 3 is 3.09 bits per heavy atom. The van der Waals surface area contributed by atoms with Gasteiger partial charge in [-0.05, 0) is 19.8 Å². The largest absolute Gasteiger partial charge is 0.388 e. The lowest BCUT2D eigenvalue weighted by Crippen LogP contribution is -2.39. The molecular weight excluding hydrogens is 142 g/mol. The summed E-state index contributed by atoms with van der Waals surface area (Å²) in [6.07, 6.45) is 2.20. The SMILES string of the molecule is C[C@]1(O)CCN2C(=O)CC[C@H]21. The molecule has 0 aromatic carbocycles. The lowest BCUT2D eigenvalue weighted by Gasteiger charge is -2.24. The molecule has 62 valence electrons. The molecule has 2 rings (SSSR count). The van der Waals surface area contributed by atoms with Gasteiger partial charge >= 0.3 is 0 Å². The molecule has 0 spiro atoms. The van der Waals surface area contributed by atoms with Gasteiger partial charge in [-0.25, -0.2) is 0 Å². The van der Waals surface area contributed by atoms with E-state index in [1.807, 2.05) is 11.8 Å². The number of carbonyl (C=O) groups is 1. The number of nitrogens with zero attached hydrogens (tertiary/aromatic N) is 1. The van der Waals surface area contributed by atoms with Crippen molar-refractivity contribution in [1.29, 1.82) is 0 Å². The molecule has 2 heterocycles. The van der Waals surface area contributed by atoms with Gasteiger partial charge in [0.15, 0.2) is 0 Å². The molecule has 2 aliphatic rings. The first kappa shape index (κ1) is 7.10. The molecule has 2 aliphatic heterocycles. The third-order valence-corrected chi connectivity index (χ3v) is 2.90. The van der Waals surface area contributed by atoms with E-state index in [1.165, 1.54) is 0 Å². The third-order valence-electron chi connectivity index (χ3n) is 2.90. The Kier molecular flexibility index (Phi) is 1.27. The van der Waals surface area contributed by atoms with Crippen LogP contribution in [-0.2, 0) is 4.79 Å². The van der Waals surface area contributed by atoms with E-state index in [9.17, 15) is 9.90 Å². The van der Waals surface area contributed by atoms with Crippen molar-refractivity contribution in [2.24, 2.45) is 0 Å². The molecule has 0 unspecified atom stereocenters. The van der Waals surface area contributed by atoms with Crippen LogP contribution in [-0.4, -0.2) is 34.1 Å². The molecule has 1 amide bonds. The highest BCUT2D eigenvalue weighted by molar-refractivity contribution is 5.79. The van der Waals surface area contributed by atoms with Crippen LogP contribution < -0.4 is 0 Å². The quantitative estimate of drug-likeness (QED) is 0.540. The van der Waals surface area contributed by atoms with Crippen LogP contribution in [0.1, 0.15) is 26.2 Å². The second kappa shape index (κ2) is 1.97. The summed E-state index contributed by atoms with van der Waals surface area (Å²) >= 11 is 0. The van der Waals surface area contributed by atoms with Crippen molar-refractivity contribution in [1.82, 2.24) is 4.90 Å². The lowest BCUT2D eigenvalue weighted by molar-refractivity contribution is -0.128. The maximum Gasteiger partial charge on any atom is 0.222 e. The first-order valence-corrected chi connectivity index (χ1v) is 4.13. The fourth-order valence-corrected chi connectivity index (χ4v) is 2.17. The zero-order valence-corrected chi connectivity index (χ0v) is 6.71. The molecule has 11 heavy (non-hydrogen) atoms. The van der Waals surface area contributed by atoms with Crippen LogP contribution in [0.25, 0.3) is 0 Å². The van der Waals surface area contributed by atoms with Crippen LogP contribution in [0.3, 0.4) is 0 Å². The van der Waals surface area contributed by atoms with Gasteiger partial charge in [0.25, 0.3) is 0 Å². The normalized spacial score (nSPS) is 43.3. The van der Waals surface area contributed by atoms with Gasteiger partial charge in [-0.3, -0.25) is 4.79 Å². The van der Waals surface area contributed by atoms with Gasteiger partial charge in [-0.15, -0.1) is 0 Å².